The molecule has 6 heteroatoms. The van der Waals surface area contributed by atoms with Gasteiger partial charge in [0.1, 0.15) is 5.69 Å². The average molecular weight is 261 g/mol. The van der Waals surface area contributed by atoms with Crippen LogP contribution in [-0.4, -0.2) is 21.8 Å². The fourth-order valence-corrected chi connectivity index (χ4v) is 1.98. The maximum Gasteiger partial charge on any atom is 0.191 e. The molecular formula is C10H17ClN4S. The van der Waals surface area contributed by atoms with E-state index in [1.807, 2.05) is 13.8 Å². The summed E-state index contributed by atoms with van der Waals surface area (Å²) in [5.41, 5.74) is 6.21. The molecule has 4 nitrogen and oxygen atoms in total. The number of aromatic nitrogens is 2. The van der Waals surface area contributed by atoms with E-state index >= 15 is 0 Å². The van der Waals surface area contributed by atoms with Crippen molar-refractivity contribution in [3.8, 4) is 0 Å². The van der Waals surface area contributed by atoms with Crippen LogP contribution < -0.4 is 11.1 Å². The highest BCUT2D eigenvalue weighted by Gasteiger charge is 2.11. The van der Waals surface area contributed by atoms with Crippen molar-refractivity contribution in [3.63, 3.8) is 0 Å². The van der Waals surface area contributed by atoms with Gasteiger partial charge in [0, 0.05) is 11.8 Å². The van der Waals surface area contributed by atoms with Gasteiger partial charge in [0.15, 0.2) is 16.1 Å². The molecule has 3 N–H and O–H groups in total. The van der Waals surface area contributed by atoms with Crippen molar-refractivity contribution in [2.75, 3.05) is 16.8 Å². The number of thioether (sulfide) groups is 1. The molecule has 0 bridgehead atoms. The molecule has 1 aromatic rings. The van der Waals surface area contributed by atoms with E-state index in [1.165, 1.54) is 0 Å². The number of nitrogens with two attached hydrogens (primary N) is 1. The lowest BCUT2D eigenvalue weighted by atomic mass is 10.4. The first-order chi connectivity index (χ1) is 7.54. The number of rotatable bonds is 5. The molecule has 0 unspecified atom stereocenters. The van der Waals surface area contributed by atoms with Crippen molar-refractivity contribution in [1.29, 1.82) is 0 Å². The third-order valence-corrected chi connectivity index (χ3v) is 3.08. The van der Waals surface area contributed by atoms with E-state index < -0.39 is 0 Å². The normalized spacial score (nSPS) is 10.8. The molecule has 0 aliphatic carbocycles. The first-order valence-electron chi connectivity index (χ1n) is 5.27. The Morgan fingerprint density at radius 1 is 1.44 bits per heavy atom. The second-order valence-corrected chi connectivity index (χ2v) is 5.13. The van der Waals surface area contributed by atoms with Crippen LogP contribution in [0.1, 0.15) is 27.2 Å². The van der Waals surface area contributed by atoms with Gasteiger partial charge in [-0.2, -0.15) is 0 Å². The van der Waals surface area contributed by atoms with Crippen LogP contribution in [0.2, 0.25) is 5.15 Å². The molecule has 0 saturated carbocycles. The summed E-state index contributed by atoms with van der Waals surface area (Å²) in [5, 5.41) is 4.14. The molecule has 0 atom stereocenters. The van der Waals surface area contributed by atoms with Gasteiger partial charge in [0.2, 0.25) is 0 Å². The number of hydrogen-bond donors (Lipinski definition) is 2. The number of anilines is 2. The van der Waals surface area contributed by atoms with Crippen LogP contribution in [-0.2, 0) is 0 Å². The SMILES string of the molecule is CCCSc1nc(Cl)c(N)c(NC(C)C)n1. The van der Waals surface area contributed by atoms with Gasteiger partial charge < -0.3 is 11.1 Å². The first-order valence-corrected chi connectivity index (χ1v) is 6.63. The summed E-state index contributed by atoms with van der Waals surface area (Å²) in [6.45, 7) is 6.15. The fraction of sp³-hybridized carbons (Fsp3) is 0.600. The zero-order chi connectivity index (χ0) is 12.1. The first kappa shape index (κ1) is 13.4. The molecule has 0 radical (unpaired) electrons. The Kier molecular flexibility index (Phi) is 5.15. The van der Waals surface area contributed by atoms with Gasteiger partial charge >= 0.3 is 0 Å². The lowest BCUT2D eigenvalue weighted by Crippen LogP contribution is -2.14. The van der Waals surface area contributed by atoms with E-state index in [9.17, 15) is 0 Å². The van der Waals surface area contributed by atoms with Gasteiger partial charge in [-0.05, 0) is 20.3 Å². The second-order valence-electron chi connectivity index (χ2n) is 3.71. The predicted molar refractivity (Wildman–Crippen MR) is 71.2 cm³/mol. The van der Waals surface area contributed by atoms with E-state index in [2.05, 4.69) is 22.2 Å². The van der Waals surface area contributed by atoms with Gasteiger partial charge in [0.05, 0.1) is 0 Å². The van der Waals surface area contributed by atoms with Crippen LogP contribution in [0.3, 0.4) is 0 Å². The van der Waals surface area contributed by atoms with Crippen LogP contribution in [0.4, 0.5) is 11.5 Å². The number of nitrogens with zero attached hydrogens (tertiary/aromatic N) is 2. The Morgan fingerprint density at radius 3 is 2.69 bits per heavy atom. The topological polar surface area (TPSA) is 63.8 Å². The lowest BCUT2D eigenvalue weighted by Gasteiger charge is -2.13. The Bertz CT molecular complexity index is 357. The standard InChI is InChI=1S/C10H17ClN4S/c1-4-5-16-10-14-8(11)7(12)9(15-10)13-6(2)3/h6H,4-5,12H2,1-3H3,(H,13,14,15). The van der Waals surface area contributed by atoms with Crippen LogP contribution in [0, 0.1) is 0 Å². The van der Waals surface area contributed by atoms with Crippen molar-refractivity contribution in [2.24, 2.45) is 0 Å². The van der Waals surface area contributed by atoms with Crippen LogP contribution in [0.15, 0.2) is 5.16 Å². The molecule has 0 aromatic carbocycles. The summed E-state index contributed by atoms with van der Waals surface area (Å²) in [7, 11) is 0. The van der Waals surface area contributed by atoms with Gasteiger partial charge in [0.25, 0.3) is 0 Å². The maximum absolute atomic E-state index is 5.95. The summed E-state index contributed by atoms with van der Waals surface area (Å²) in [6.07, 6.45) is 1.07. The number of halogens is 1. The third-order valence-electron chi connectivity index (χ3n) is 1.74. The molecule has 1 heterocycles. The Balaban J connectivity index is 2.92. The highest BCUT2D eigenvalue weighted by Crippen LogP contribution is 2.27. The molecule has 1 rings (SSSR count). The van der Waals surface area contributed by atoms with Crippen molar-refractivity contribution < 1.29 is 0 Å². The molecule has 0 saturated heterocycles. The quantitative estimate of drug-likeness (QED) is 0.484. The molecule has 16 heavy (non-hydrogen) atoms. The number of hydrogen-bond acceptors (Lipinski definition) is 5. The van der Waals surface area contributed by atoms with Crippen molar-refractivity contribution in [2.45, 2.75) is 38.4 Å². The molecule has 0 fully saturated rings. The van der Waals surface area contributed by atoms with Gasteiger partial charge in [-0.1, -0.05) is 30.3 Å². The zero-order valence-corrected chi connectivity index (χ0v) is 11.3. The van der Waals surface area contributed by atoms with Crippen molar-refractivity contribution in [1.82, 2.24) is 9.97 Å². The molecule has 90 valence electrons. The largest absolute Gasteiger partial charge is 0.393 e. The molecule has 0 spiro atoms. The van der Waals surface area contributed by atoms with Crippen molar-refractivity contribution in [3.05, 3.63) is 5.15 Å². The summed E-state index contributed by atoms with van der Waals surface area (Å²) < 4.78 is 0. The molecule has 0 aliphatic heterocycles. The van der Waals surface area contributed by atoms with Gasteiger partial charge in [-0.3, -0.25) is 0 Å². The Morgan fingerprint density at radius 2 is 2.12 bits per heavy atom. The minimum Gasteiger partial charge on any atom is -0.393 e. The summed E-state index contributed by atoms with van der Waals surface area (Å²) in [5.74, 6) is 1.59. The highest BCUT2D eigenvalue weighted by atomic mass is 35.5. The second kappa shape index (κ2) is 6.15. The average Bonchev–Trinajstić information content (AvgIpc) is 2.21. The highest BCUT2D eigenvalue weighted by molar-refractivity contribution is 7.99. The van der Waals surface area contributed by atoms with Gasteiger partial charge in [-0.25, -0.2) is 9.97 Å². The summed E-state index contributed by atoms with van der Waals surface area (Å²) >= 11 is 7.53. The van der Waals surface area contributed by atoms with E-state index in [-0.39, 0.29) is 6.04 Å². The van der Waals surface area contributed by atoms with E-state index in [0.29, 0.717) is 21.8 Å². The lowest BCUT2D eigenvalue weighted by molar-refractivity contribution is 0.869. The van der Waals surface area contributed by atoms with E-state index in [4.69, 9.17) is 17.3 Å². The molecular weight excluding hydrogens is 244 g/mol. The molecule has 1 aromatic heterocycles. The summed E-state index contributed by atoms with van der Waals surface area (Å²) in [6, 6.07) is 0.261. The Hall–Kier alpha value is -0.680. The Labute approximate surface area is 105 Å². The third kappa shape index (κ3) is 3.72. The van der Waals surface area contributed by atoms with Crippen LogP contribution in [0.5, 0.6) is 0 Å². The number of nitrogens with one attached hydrogen (secondary N) is 1. The smallest absolute Gasteiger partial charge is 0.191 e. The van der Waals surface area contributed by atoms with Crippen LogP contribution in [0.25, 0.3) is 0 Å². The molecule has 0 amide bonds. The molecule has 0 aliphatic rings. The maximum atomic E-state index is 5.95. The number of nitrogen functional groups attached to an aromatic ring is 1. The minimum atomic E-state index is 0.261. The van der Waals surface area contributed by atoms with Gasteiger partial charge in [-0.15, -0.1) is 0 Å². The monoisotopic (exact) mass is 260 g/mol. The summed E-state index contributed by atoms with van der Waals surface area (Å²) in [4.78, 5) is 8.47. The minimum absolute atomic E-state index is 0.261. The van der Waals surface area contributed by atoms with Crippen LogP contribution >= 0.6 is 23.4 Å². The van der Waals surface area contributed by atoms with Crippen molar-refractivity contribution >= 4 is 34.9 Å². The predicted octanol–water partition coefficient (Wildman–Crippen LogP) is 3.03. The van der Waals surface area contributed by atoms with E-state index in [0.717, 1.165) is 12.2 Å². The zero-order valence-electron chi connectivity index (χ0n) is 9.75. The van der Waals surface area contributed by atoms with E-state index in [1.54, 1.807) is 11.8 Å². The fourth-order valence-electron chi connectivity index (χ4n) is 1.06.